The highest BCUT2D eigenvalue weighted by Crippen LogP contribution is 2.33. The van der Waals surface area contributed by atoms with Gasteiger partial charge in [-0.3, -0.25) is 0 Å². The monoisotopic (exact) mass is 321 g/mol. The number of rotatable bonds is 0. The van der Waals surface area contributed by atoms with Gasteiger partial charge < -0.3 is 4.98 Å². The third-order valence-electron chi connectivity index (χ3n) is 3.80. The van der Waals surface area contributed by atoms with Crippen LogP contribution >= 0.6 is 24.0 Å². The van der Waals surface area contributed by atoms with Crippen molar-refractivity contribution in [2.24, 2.45) is 7.05 Å². The Morgan fingerprint density at radius 1 is 1.10 bits per heavy atom. The van der Waals surface area contributed by atoms with Crippen LogP contribution in [-0.2, 0) is 7.05 Å². The lowest BCUT2D eigenvalue weighted by molar-refractivity contribution is -0.616. The Morgan fingerprint density at radius 2 is 1.86 bits per heavy atom. The van der Waals surface area contributed by atoms with Crippen molar-refractivity contribution in [3.63, 3.8) is 0 Å². The van der Waals surface area contributed by atoms with Crippen LogP contribution in [0.15, 0.2) is 42.5 Å². The maximum atomic E-state index is 14.2. The maximum Gasteiger partial charge on any atom is 0.243 e. The van der Waals surface area contributed by atoms with Crippen LogP contribution in [0.1, 0.15) is 0 Å². The Morgan fingerprint density at radius 3 is 2.67 bits per heavy atom. The lowest BCUT2D eigenvalue weighted by atomic mass is 10.1. The quantitative estimate of drug-likeness (QED) is 0.460. The van der Waals surface area contributed by atoms with E-state index < -0.39 is 0 Å². The number of H-pyrrole nitrogens is 1. The molecule has 4 rings (SSSR count). The summed E-state index contributed by atoms with van der Waals surface area (Å²) in [5.41, 5.74) is 3.30. The second kappa shape index (κ2) is 4.86. The van der Waals surface area contributed by atoms with Gasteiger partial charge in [0.25, 0.3) is 0 Å². The smallest absolute Gasteiger partial charge is 0.243 e. The number of aryl methyl sites for hydroxylation is 1. The normalized spacial score (nSPS) is 11.2. The molecule has 21 heavy (non-hydrogen) atoms. The summed E-state index contributed by atoms with van der Waals surface area (Å²) in [5, 5.41) is 2.16. The highest BCUT2D eigenvalue weighted by atomic mass is 35.5. The van der Waals surface area contributed by atoms with E-state index in [1.54, 1.807) is 6.07 Å². The molecule has 0 aliphatic rings. The van der Waals surface area contributed by atoms with E-state index in [2.05, 4.69) is 4.98 Å². The second-order valence-corrected chi connectivity index (χ2v) is 5.28. The van der Waals surface area contributed by atoms with Gasteiger partial charge in [-0.2, -0.15) is 4.57 Å². The molecule has 0 spiro atoms. The standard InChI is InChI=1S/C16H10ClFN2.ClH/c1-20-12-8-3-2-5-9(12)14(17)15-16(20)13-10(18)6-4-7-11(13)19-15;/h2-8H,1H3;1H/p+1. The zero-order valence-electron chi connectivity index (χ0n) is 11.2. The molecular weight excluding hydrogens is 310 g/mol. The number of nitrogens with zero attached hydrogens (tertiary/aromatic N) is 1. The summed E-state index contributed by atoms with van der Waals surface area (Å²) in [4.78, 5) is 3.23. The SMILES string of the molecule is C[n+]1c2ccccc2c(Cl)c2[nH]c3cccc(F)c3c21.Cl. The van der Waals surface area contributed by atoms with Crippen molar-refractivity contribution in [2.75, 3.05) is 0 Å². The fourth-order valence-electron chi connectivity index (χ4n) is 2.89. The van der Waals surface area contributed by atoms with Gasteiger partial charge in [-0.15, -0.1) is 12.4 Å². The zero-order chi connectivity index (χ0) is 13.9. The van der Waals surface area contributed by atoms with Crippen molar-refractivity contribution in [3.05, 3.63) is 53.3 Å². The number of nitrogens with one attached hydrogen (secondary N) is 1. The van der Waals surface area contributed by atoms with E-state index in [0.717, 1.165) is 27.5 Å². The summed E-state index contributed by atoms with van der Waals surface area (Å²) in [5.74, 6) is -0.240. The minimum absolute atomic E-state index is 0. The van der Waals surface area contributed by atoms with Crippen LogP contribution in [0.4, 0.5) is 4.39 Å². The van der Waals surface area contributed by atoms with E-state index in [1.165, 1.54) is 6.07 Å². The topological polar surface area (TPSA) is 19.7 Å². The fraction of sp³-hybridized carbons (Fsp3) is 0.0625. The number of hydrogen-bond donors (Lipinski definition) is 1. The number of para-hydroxylation sites is 1. The largest absolute Gasteiger partial charge is 0.348 e. The van der Waals surface area contributed by atoms with Crippen molar-refractivity contribution in [2.45, 2.75) is 0 Å². The van der Waals surface area contributed by atoms with Gasteiger partial charge in [0.15, 0.2) is 0 Å². The van der Waals surface area contributed by atoms with Crippen molar-refractivity contribution in [1.82, 2.24) is 4.98 Å². The molecule has 0 aliphatic heterocycles. The molecule has 0 saturated heterocycles. The van der Waals surface area contributed by atoms with Gasteiger partial charge >= 0.3 is 0 Å². The molecule has 0 aliphatic carbocycles. The van der Waals surface area contributed by atoms with Crippen molar-refractivity contribution in [1.29, 1.82) is 0 Å². The van der Waals surface area contributed by atoms with Crippen LogP contribution in [0.3, 0.4) is 0 Å². The number of halogens is 3. The minimum Gasteiger partial charge on any atom is -0.348 e. The van der Waals surface area contributed by atoms with E-state index in [1.807, 2.05) is 41.9 Å². The number of fused-ring (bicyclic) bond motifs is 4. The lowest BCUT2D eigenvalue weighted by Gasteiger charge is -2.01. The predicted molar refractivity (Wildman–Crippen MR) is 86.7 cm³/mol. The summed E-state index contributed by atoms with van der Waals surface area (Å²) >= 11 is 6.50. The molecule has 0 saturated carbocycles. The minimum atomic E-state index is -0.240. The van der Waals surface area contributed by atoms with Crippen molar-refractivity contribution in [3.8, 4) is 0 Å². The third-order valence-corrected chi connectivity index (χ3v) is 4.20. The zero-order valence-corrected chi connectivity index (χ0v) is 12.7. The van der Waals surface area contributed by atoms with Crippen molar-refractivity contribution < 1.29 is 8.96 Å². The Labute approximate surface area is 131 Å². The van der Waals surface area contributed by atoms with E-state index in [0.29, 0.717) is 10.4 Å². The molecule has 2 aromatic heterocycles. The van der Waals surface area contributed by atoms with Gasteiger partial charge in [0.2, 0.25) is 11.0 Å². The second-order valence-electron chi connectivity index (χ2n) is 4.90. The van der Waals surface area contributed by atoms with E-state index in [4.69, 9.17) is 11.6 Å². The first-order valence-corrected chi connectivity index (χ1v) is 6.72. The van der Waals surface area contributed by atoms with Crippen LogP contribution < -0.4 is 4.57 Å². The molecular formula is C16H12Cl2FN2+. The Kier molecular flexibility index (Phi) is 3.27. The Balaban J connectivity index is 0.00000132. The van der Waals surface area contributed by atoms with Gasteiger partial charge in [-0.25, -0.2) is 4.39 Å². The van der Waals surface area contributed by atoms with Gasteiger partial charge in [-0.05, 0) is 18.2 Å². The van der Waals surface area contributed by atoms with E-state index in [-0.39, 0.29) is 18.2 Å². The predicted octanol–water partition coefficient (Wildman–Crippen LogP) is 4.51. The summed E-state index contributed by atoms with van der Waals surface area (Å²) in [6.45, 7) is 0. The molecule has 2 heterocycles. The highest BCUT2D eigenvalue weighted by molar-refractivity contribution is 6.40. The fourth-order valence-corrected chi connectivity index (χ4v) is 3.19. The lowest BCUT2D eigenvalue weighted by Crippen LogP contribution is -2.30. The number of aromatic nitrogens is 2. The van der Waals surface area contributed by atoms with Crippen molar-refractivity contribution >= 4 is 56.8 Å². The van der Waals surface area contributed by atoms with E-state index in [9.17, 15) is 4.39 Å². The molecule has 0 amide bonds. The molecule has 0 fully saturated rings. The molecule has 0 unspecified atom stereocenters. The number of aromatic amines is 1. The van der Waals surface area contributed by atoms with Gasteiger partial charge in [0.05, 0.1) is 15.9 Å². The molecule has 2 aromatic carbocycles. The molecule has 1 N–H and O–H groups in total. The molecule has 0 radical (unpaired) electrons. The summed E-state index contributed by atoms with van der Waals surface area (Å²) in [6.07, 6.45) is 0. The average molecular weight is 322 g/mol. The van der Waals surface area contributed by atoms with Crippen LogP contribution in [0.5, 0.6) is 0 Å². The number of benzene rings is 2. The first kappa shape index (κ1) is 14.1. The molecule has 4 aromatic rings. The summed E-state index contributed by atoms with van der Waals surface area (Å²) in [6, 6.07) is 12.9. The number of pyridine rings is 1. The van der Waals surface area contributed by atoms with Crippen LogP contribution in [-0.4, -0.2) is 4.98 Å². The summed E-state index contributed by atoms with van der Waals surface area (Å²) in [7, 11) is 1.93. The first-order chi connectivity index (χ1) is 9.68. The average Bonchev–Trinajstić information content (AvgIpc) is 2.86. The Bertz CT molecular complexity index is 992. The van der Waals surface area contributed by atoms with Gasteiger partial charge in [0, 0.05) is 6.07 Å². The first-order valence-electron chi connectivity index (χ1n) is 6.34. The molecule has 2 nitrogen and oxygen atoms in total. The summed E-state index contributed by atoms with van der Waals surface area (Å²) < 4.78 is 16.2. The molecule has 106 valence electrons. The number of hydrogen-bond acceptors (Lipinski definition) is 0. The van der Waals surface area contributed by atoms with Gasteiger partial charge in [0.1, 0.15) is 23.8 Å². The Hall–Kier alpha value is -1.84. The molecule has 0 bridgehead atoms. The van der Waals surface area contributed by atoms with Gasteiger partial charge in [-0.1, -0.05) is 29.8 Å². The van der Waals surface area contributed by atoms with E-state index >= 15 is 0 Å². The maximum absolute atomic E-state index is 14.2. The third kappa shape index (κ3) is 1.81. The van der Waals surface area contributed by atoms with Crippen LogP contribution in [0, 0.1) is 5.82 Å². The highest BCUT2D eigenvalue weighted by Gasteiger charge is 2.23. The van der Waals surface area contributed by atoms with Crippen LogP contribution in [0.25, 0.3) is 32.8 Å². The van der Waals surface area contributed by atoms with Crippen LogP contribution in [0.2, 0.25) is 5.02 Å². The molecule has 0 atom stereocenters. The molecule has 5 heteroatoms.